The Morgan fingerprint density at radius 3 is 2.92 bits per heavy atom. The number of nitrogens with zero attached hydrogens (tertiary/aromatic N) is 2. The smallest absolute Gasteiger partial charge is 0.297 e. The van der Waals surface area contributed by atoms with Crippen LogP contribution in [-0.2, 0) is 4.74 Å². The Morgan fingerprint density at radius 2 is 2.18 bits per heavy atom. The van der Waals surface area contributed by atoms with Gasteiger partial charge < -0.3 is 19.5 Å². The number of nitrogens with one attached hydrogen (secondary N) is 2. The summed E-state index contributed by atoms with van der Waals surface area (Å²) in [6.45, 7) is 1.42. The molecule has 3 saturated heterocycles. The molecular formula is C24H28BrClF4N4O4. The maximum Gasteiger partial charge on any atom is 0.297 e. The molecule has 1 aromatic carbocycles. The zero-order valence-electron chi connectivity index (χ0n) is 20.4. The predicted molar refractivity (Wildman–Crippen MR) is 136 cm³/mol. The van der Waals surface area contributed by atoms with Crippen LogP contribution in [0, 0.1) is 11.7 Å². The molecule has 14 heteroatoms. The molecule has 5 rings (SSSR count). The molecule has 2 aromatic rings. The van der Waals surface area contributed by atoms with Crippen molar-refractivity contribution in [3.05, 3.63) is 25.7 Å². The standard InChI is InChI=1S/C24H28BrClF4N4O4/c25-17-18(26)21(37-10-14(31-7-15(28)29)12-2-5-36-9-12)16-20(19(17)30)32-23(33-22(16)35)38-11-24-3-1-4-34(24)8-13(27)6-24/h12-15,31H,1-11H2,(H,32,33,35)/t12?,13-,14?,24+/m1/s1. The van der Waals surface area contributed by atoms with E-state index in [9.17, 15) is 18.0 Å². The van der Waals surface area contributed by atoms with Crippen LogP contribution in [-0.4, -0.2) is 85.1 Å². The molecule has 4 atom stereocenters. The number of alkyl halides is 3. The van der Waals surface area contributed by atoms with Crippen molar-refractivity contribution in [2.75, 3.05) is 46.1 Å². The second kappa shape index (κ2) is 11.4. The lowest BCUT2D eigenvalue weighted by Gasteiger charge is -2.30. The van der Waals surface area contributed by atoms with E-state index in [1.165, 1.54) is 0 Å². The lowest BCUT2D eigenvalue weighted by atomic mass is 9.95. The van der Waals surface area contributed by atoms with Crippen molar-refractivity contribution in [3.63, 3.8) is 0 Å². The lowest BCUT2D eigenvalue weighted by Crippen LogP contribution is -2.43. The molecule has 3 aliphatic rings. The van der Waals surface area contributed by atoms with Gasteiger partial charge in [-0.05, 0) is 41.7 Å². The summed E-state index contributed by atoms with van der Waals surface area (Å²) < 4.78 is 71.9. The van der Waals surface area contributed by atoms with Crippen molar-refractivity contribution in [1.82, 2.24) is 20.2 Å². The number of fused-ring (bicyclic) bond motifs is 2. The molecule has 8 nitrogen and oxygen atoms in total. The molecule has 2 N–H and O–H groups in total. The van der Waals surface area contributed by atoms with E-state index in [1.807, 2.05) is 4.90 Å². The Morgan fingerprint density at radius 1 is 1.37 bits per heavy atom. The maximum absolute atomic E-state index is 15.2. The number of hydrogen-bond donors (Lipinski definition) is 2. The minimum atomic E-state index is -2.56. The second-order valence-corrected chi connectivity index (χ2v) is 11.2. The number of H-pyrrole nitrogens is 1. The van der Waals surface area contributed by atoms with Crippen LogP contribution in [0.2, 0.25) is 5.02 Å². The molecule has 0 radical (unpaired) electrons. The fourth-order valence-electron chi connectivity index (χ4n) is 5.73. The first-order valence-corrected chi connectivity index (χ1v) is 13.7. The highest BCUT2D eigenvalue weighted by atomic mass is 79.9. The van der Waals surface area contributed by atoms with Crippen molar-refractivity contribution >= 4 is 38.4 Å². The summed E-state index contributed by atoms with van der Waals surface area (Å²) in [4.78, 5) is 21.9. The van der Waals surface area contributed by atoms with Crippen LogP contribution >= 0.6 is 27.5 Å². The number of aromatic nitrogens is 2. The Bertz CT molecular complexity index is 1230. The first-order chi connectivity index (χ1) is 18.2. The fourth-order valence-corrected chi connectivity index (χ4v) is 6.33. The lowest BCUT2D eigenvalue weighted by molar-refractivity contribution is 0.107. The number of benzene rings is 1. The number of ether oxygens (including phenoxy) is 3. The molecule has 0 spiro atoms. The van der Waals surface area contributed by atoms with Gasteiger partial charge in [-0.15, -0.1) is 0 Å². The minimum absolute atomic E-state index is 0.0897. The summed E-state index contributed by atoms with van der Waals surface area (Å²) in [6.07, 6.45) is -0.871. The minimum Gasteiger partial charge on any atom is -0.489 e. The summed E-state index contributed by atoms with van der Waals surface area (Å²) >= 11 is 9.45. The summed E-state index contributed by atoms with van der Waals surface area (Å²) in [7, 11) is 0. The van der Waals surface area contributed by atoms with E-state index in [2.05, 4.69) is 31.2 Å². The van der Waals surface area contributed by atoms with Gasteiger partial charge in [0.2, 0.25) is 0 Å². The zero-order valence-corrected chi connectivity index (χ0v) is 22.7. The third-order valence-corrected chi connectivity index (χ3v) is 8.96. The summed E-state index contributed by atoms with van der Waals surface area (Å²) in [5.41, 5.74) is -1.55. The summed E-state index contributed by atoms with van der Waals surface area (Å²) in [5.74, 6) is -1.10. The average Bonchev–Trinajstić information content (AvgIpc) is 3.60. The summed E-state index contributed by atoms with van der Waals surface area (Å²) in [5, 5.41) is 2.36. The quantitative estimate of drug-likeness (QED) is 0.303. The van der Waals surface area contributed by atoms with Crippen LogP contribution < -0.4 is 20.3 Å². The van der Waals surface area contributed by atoms with Gasteiger partial charge in [-0.25, -0.2) is 17.6 Å². The van der Waals surface area contributed by atoms with Gasteiger partial charge in [0.1, 0.15) is 35.3 Å². The van der Waals surface area contributed by atoms with Crippen LogP contribution in [0.1, 0.15) is 25.7 Å². The number of hydrogen-bond acceptors (Lipinski definition) is 7. The molecule has 3 aliphatic heterocycles. The number of aromatic amines is 1. The van der Waals surface area contributed by atoms with Gasteiger partial charge in [-0.1, -0.05) is 11.6 Å². The molecule has 210 valence electrons. The molecular weight excluding hydrogens is 600 g/mol. The van der Waals surface area contributed by atoms with Gasteiger partial charge in [-0.2, -0.15) is 4.98 Å². The predicted octanol–water partition coefficient (Wildman–Crippen LogP) is 4.07. The Kier molecular flexibility index (Phi) is 8.39. The zero-order chi connectivity index (χ0) is 27.0. The van der Waals surface area contributed by atoms with Gasteiger partial charge in [0.25, 0.3) is 18.0 Å². The van der Waals surface area contributed by atoms with Gasteiger partial charge in [-0.3, -0.25) is 14.7 Å². The van der Waals surface area contributed by atoms with Gasteiger partial charge >= 0.3 is 0 Å². The first-order valence-electron chi connectivity index (χ1n) is 12.5. The monoisotopic (exact) mass is 626 g/mol. The van der Waals surface area contributed by atoms with Crippen LogP contribution in [0.4, 0.5) is 17.6 Å². The maximum atomic E-state index is 15.2. The van der Waals surface area contributed by atoms with E-state index in [1.54, 1.807) is 0 Å². The molecule has 4 heterocycles. The van der Waals surface area contributed by atoms with E-state index in [0.29, 0.717) is 32.6 Å². The Labute approximate surface area is 229 Å². The van der Waals surface area contributed by atoms with Crippen molar-refractivity contribution < 1.29 is 31.8 Å². The Balaban J connectivity index is 1.41. The van der Waals surface area contributed by atoms with Crippen molar-refractivity contribution in [3.8, 4) is 11.8 Å². The van der Waals surface area contributed by atoms with Crippen molar-refractivity contribution in [2.24, 2.45) is 5.92 Å². The molecule has 2 unspecified atom stereocenters. The highest BCUT2D eigenvalue weighted by Gasteiger charge is 2.49. The van der Waals surface area contributed by atoms with Crippen LogP contribution in [0.3, 0.4) is 0 Å². The molecule has 0 aliphatic carbocycles. The van der Waals surface area contributed by atoms with E-state index in [4.69, 9.17) is 25.8 Å². The SMILES string of the molecule is O=c1[nH]c(OC[C@@]23CCCN2C[C@H](F)C3)nc2c(F)c(Br)c(Cl)c(OCC(NCC(F)F)C3CCOC3)c12. The summed E-state index contributed by atoms with van der Waals surface area (Å²) in [6, 6.07) is -0.722. The van der Waals surface area contributed by atoms with E-state index in [0.717, 1.165) is 19.4 Å². The molecule has 0 saturated carbocycles. The third-order valence-electron chi connectivity index (χ3n) is 7.63. The van der Waals surface area contributed by atoms with E-state index in [-0.39, 0.29) is 51.3 Å². The van der Waals surface area contributed by atoms with E-state index < -0.39 is 42.1 Å². The molecule has 38 heavy (non-hydrogen) atoms. The van der Waals surface area contributed by atoms with Crippen LogP contribution in [0.15, 0.2) is 9.27 Å². The van der Waals surface area contributed by atoms with Crippen molar-refractivity contribution in [2.45, 2.75) is 49.9 Å². The highest BCUT2D eigenvalue weighted by molar-refractivity contribution is 9.10. The molecule has 0 amide bonds. The van der Waals surface area contributed by atoms with Crippen LogP contribution in [0.25, 0.3) is 10.9 Å². The van der Waals surface area contributed by atoms with Gasteiger partial charge in [0.15, 0.2) is 11.6 Å². The van der Waals surface area contributed by atoms with Crippen LogP contribution in [0.5, 0.6) is 11.8 Å². The van der Waals surface area contributed by atoms with Gasteiger partial charge in [0, 0.05) is 31.5 Å². The first kappa shape index (κ1) is 27.9. The topological polar surface area (TPSA) is 88.7 Å². The number of rotatable bonds is 10. The molecule has 3 fully saturated rings. The normalized spacial score (nSPS) is 26.4. The Hall–Kier alpha value is -1.67. The molecule has 1 aromatic heterocycles. The average molecular weight is 628 g/mol. The third kappa shape index (κ3) is 5.49. The van der Waals surface area contributed by atoms with Gasteiger partial charge in [0.05, 0.1) is 23.2 Å². The largest absolute Gasteiger partial charge is 0.489 e. The van der Waals surface area contributed by atoms with Crippen molar-refractivity contribution in [1.29, 1.82) is 0 Å². The van der Waals surface area contributed by atoms with E-state index >= 15 is 4.39 Å². The fraction of sp³-hybridized carbons (Fsp3) is 0.667. The number of halogens is 6. The molecule has 0 bridgehead atoms. The second-order valence-electron chi connectivity index (χ2n) is 10.1. The highest BCUT2D eigenvalue weighted by Crippen LogP contribution is 2.42.